The first-order valence-electron chi connectivity index (χ1n) is 8.57. The van der Waals surface area contributed by atoms with Crippen LogP contribution in [0.4, 0.5) is 5.69 Å². The first-order valence-corrected chi connectivity index (χ1v) is 8.57. The van der Waals surface area contributed by atoms with Crippen molar-refractivity contribution in [2.24, 2.45) is 0 Å². The van der Waals surface area contributed by atoms with Crippen LogP contribution >= 0.6 is 0 Å². The molecule has 4 heteroatoms. The number of hydrogen-bond acceptors (Lipinski definition) is 3. The summed E-state index contributed by atoms with van der Waals surface area (Å²) in [5, 5.41) is 2.88. The molecule has 1 amide bonds. The maximum atomic E-state index is 12.3. The minimum atomic E-state index is -0.166. The van der Waals surface area contributed by atoms with E-state index in [1.165, 1.54) is 0 Å². The highest BCUT2D eigenvalue weighted by Gasteiger charge is 2.11. The minimum absolute atomic E-state index is 0.0131. The molecular formula is C21H25NO3. The number of hydrogen-bond donors (Lipinski definition) is 1. The molecule has 0 aliphatic rings. The van der Waals surface area contributed by atoms with Crippen LogP contribution in [0.15, 0.2) is 42.5 Å². The number of amides is 1. The van der Waals surface area contributed by atoms with E-state index in [9.17, 15) is 9.59 Å². The molecule has 0 fully saturated rings. The summed E-state index contributed by atoms with van der Waals surface area (Å²) in [6.45, 7) is 6.99. The molecule has 2 rings (SSSR count). The Labute approximate surface area is 149 Å². The average molecular weight is 339 g/mol. The van der Waals surface area contributed by atoms with E-state index in [-0.39, 0.29) is 24.5 Å². The van der Waals surface area contributed by atoms with Gasteiger partial charge < -0.3 is 10.1 Å². The van der Waals surface area contributed by atoms with E-state index >= 15 is 0 Å². The van der Waals surface area contributed by atoms with E-state index in [1.54, 1.807) is 0 Å². The van der Waals surface area contributed by atoms with E-state index in [2.05, 4.69) is 5.32 Å². The fourth-order valence-electron chi connectivity index (χ4n) is 2.48. The van der Waals surface area contributed by atoms with Gasteiger partial charge in [0, 0.05) is 36.3 Å². The third-order valence-corrected chi connectivity index (χ3v) is 4.16. The zero-order valence-corrected chi connectivity index (χ0v) is 15.1. The van der Waals surface area contributed by atoms with Crippen molar-refractivity contribution in [3.63, 3.8) is 0 Å². The van der Waals surface area contributed by atoms with E-state index in [4.69, 9.17) is 4.74 Å². The summed E-state index contributed by atoms with van der Waals surface area (Å²) < 4.78 is 5.41. The molecular weight excluding hydrogens is 314 g/mol. The third-order valence-electron chi connectivity index (χ3n) is 4.16. The number of Topliss-reactive ketones (excluding diaryl/α,β-unsaturated/α-hetero) is 1. The van der Waals surface area contributed by atoms with Crippen LogP contribution in [-0.4, -0.2) is 18.3 Å². The smallest absolute Gasteiger partial charge is 0.224 e. The van der Waals surface area contributed by atoms with Crippen LogP contribution in [0.1, 0.15) is 46.8 Å². The Hall–Kier alpha value is -2.46. The largest absolute Gasteiger partial charge is 0.377 e. The number of aryl methyl sites for hydroxylation is 2. The van der Waals surface area contributed by atoms with Crippen LogP contribution in [0.2, 0.25) is 0 Å². The fourth-order valence-corrected chi connectivity index (χ4v) is 2.48. The molecule has 25 heavy (non-hydrogen) atoms. The lowest BCUT2D eigenvalue weighted by Crippen LogP contribution is -2.15. The number of ether oxygens (including phenoxy) is 1. The van der Waals surface area contributed by atoms with Gasteiger partial charge in [0.05, 0.1) is 6.61 Å². The van der Waals surface area contributed by atoms with Crippen molar-refractivity contribution < 1.29 is 14.3 Å². The summed E-state index contributed by atoms with van der Waals surface area (Å²) in [4.78, 5) is 24.5. The Morgan fingerprint density at radius 1 is 1.00 bits per heavy atom. The lowest BCUT2D eigenvalue weighted by atomic mass is 10.0. The Morgan fingerprint density at radius 3 is 2.48 bits per heavy atom. The Kier molecular flexibility index (Phi) is 6.90. The van der Waals surface area contributed by atoms with Crippen LogP contribution in [-0.2, 0) is 16.1 Å². The molecule has 0 aliphatic carbocycles. The molecule has 132 valence electrons. The first kappa shape index (κ1) is 18.9. The topological polar surface area (TPSA) is 55.4 Å². The monoisotopic (exact) mass is 339 g/mol. The van der Waals surface area contributed by atoms with Crippen molar-refractivity contribution in [2.45, 2.75) is 40.2 Å². The number of nitrogens with one attached hydrogen (secondary N) is 1. The quantitative estimate of drug-likeness (QED) is 0.723. The van der Waals surface area contributed by atoms with Gasteiger partial charge in [0.15, 0.2) is 5.78 Å². The molecule has 0 atom stereocenters. The fraction of sp³-hybridized carbons (Fsp3) is 0.333. The molecule has 0 aliphatic heterocycles. The number of carbonyl (C=O) groups is 2. The predicted molar refractivity (Wildman–Crippen MR) is 99.9 cm³/mol. The van der Waals surface area contributed by atoms with Crippen molar-refractivity contribution in [3.8, 4) is 0 Å². The number of rotatable bonds is 8. The molecule has 1 N–H and O–H groups in total. The molecule has 0 heterocycles. The normalized spacial score (nSPS) is 10.5. The van der Waals surface area contributed by atoms with E-state index < -0.39 is 0 Å². The van der Waals surface area contributed by atoms with Crippen LogP contribution in [0, 0.1) is 13.8 Å². The number of benzene rings is 2. The summed E-state index contributed by atoms with van der Waals surface area (Å²) in [6.07, 6.45) is 0.358. The maximum absolute atomic E-state index is 12.3. The zero-order chi connectivity index (χ0) is 18.2. The highest BCUT2D eigenvalue weighted by molar-refractivity contribution is 6.00. The predicted octanol–water partition coefficient (Wildman–Crippen LogP) is 4.44. The molecule has 0 radical (unpaired) electrons. The minimum Gasteiger partial charge on any atom is -0.377 e. The van der Waals surface area contributed by atoms with Crippen molar-refractivity contribution in [3.05, 3.63) is 64.7 Å². The van der Waals surface area contributed by atoms with Gasteiger partial charge in [0.25, 0.3) is 0 Å². The van der Waals surface area contributed by atoms with Crippen molar-refractivity contribution in [1.29, 1.82) is 0 Å². The number of anilines is 1. The van der Waals surface area contributed by atoms with Crippen molar-refractivity contribution >= 4 is 17.4 Å². The van der Waals surface area contributed by atoms with E-state index in [0.29, 0.717) is 18.8 Å². The van der Waals surface area contributed by atoms with Crippen LogP contribution in [0.5, 0.6) is 0 Å². The lowest BCUT2D eigenvalue weighted by molar-refractivity contribution is -0.116. The van der Waals surface area contributed by atoms with Gasteiger partial charge in [-0.1, -0.05) is 30.3 Å². The molecule has 2 aromatic carbocycles. The van der Waals surface area contributed by atoms with Crippen molar-refractivity contribution in [1.82, 2.24) is 0 Å². The number of ketones is 1. The number of carbonyl (C=O) groups excluding carboxylic acids is 2. The molecule has 4 nitrogen and oxygen atoms in total. The van der Waals surface area contributed by atoms with Crippen LogP contribution in [0.3, 0.4) is 0 Å². The van der Waals surface area contributed by atoms with Gasteiger partial charge >= 0.3 is 0 Å². The van der Waals surface area contributed by atoms with Crippen LogP contribution in [0.25, 0.3) is 0 Å². The lowest BCUT2D eigenvalue weighted by Gasteiger charge is -2.11. The highest BCUT2D eigenvalue weighted by atomic mass is 16.5. The Balaban J connectivity index is 1.92. The average Bonchev–Trinajstić information content (AvgIpc) is 2.61. The highest BCUT2D eigenvalue weighted by Crippen LogP contribution is 2.17. The van der Waals surface area contributed by atoms with Gasteiger partial charge in [-0.3, -0.25) is 9.59 Å². The van der Waals surface area contributed by atoms with Gasteiger partial charge in [-0.2, -0.15) is 0 Å². The summed E-state index contributed by atoms with van der Waals surface area (Å²) >= 11 is 0. The maximum Gasteiger partial charge on any atom is 0.224 e. The third kappa shape index (κ3) is 5.54. The standard InChI is InChI=1S/C21H25NO3/c1-4-25-14-18-7-5-6-8-19(18)22-21(24)12-11-20(23)17-10-9-15(2)16(3)13-17/h5-10,13H,4,11-12,14H2,1-3H3,(H,22,24). The van der Waals surface area contributed by atoms with Crippen molar-refractivity contribution in [2.75, 3.05) is 11.9 Å². The van der Waals surface area contributed by atoms with Crippen LogP contribution < -0.4 is 5.32 Å². The molecule has 0 saturated heterocycles. The summed E-state index contributed by atoms with van der Waals surface area (Å²) in [7, 11) is 0. The van der Waals surface area contributed by atoms with Gasteiger partial charge in [0.2, 0.25) is 5.91 Å². The molecule has 0 saturated carbocycles. The first-order chi connectivity index (χ1) is 12.0. The van der Waals surface area contributed by atoms with Gasteiger partial charge in [-0.05, 0) is 44.0 Å². The van der Waals surface area contributed by atoms with Gasteiger partial charge in [-0.15, -0.1) is 0 Å². The molecule has 0 aromatic heterocycles. The van der Waals surface area contributed by atoms with E-state index in [1.807, 2.05) is 63.2 Å². The Morgan fingerprint density at radius 2 is 1.76 bits per heavy atom. The zero-order valence-electron chi connectivity index (χ0n) is 15.1. The second kappa shape index (κ2) is 9.14. The molecule has 0 bridgehead atoms. The van der Waals surface area contributed by atoms with Gasteiger partial charge in [-0.25, -0.2) is 0 Å². The molecule has 0 spiro atoms. The second-order valence-corrected chi connectivity index (χ2v) is 6.06. The SMILES string of the molecule is CCOCc1ccccc1NC(=O)CCC(=O)c1ccc(C)c(C)c1. The number of para-hydroxylation sites is 1. The molecule has 0 unspecified atom stereocenters. The summed E-state index contributed by atoms with van der Waals surface area (Å²) in [6, 6.07) is 13.2. The summed E-state index contributed by atoms with van der Waals surface area (Å²) in [5.74, 6) is -0.179. The van der Waals surface area contributed by atoms with Gasteiger partial charge in [0.1, 0.15) is 0 Å². The van der Waals surface area contributed by atoms with E-state index in [0.717, 1.165) is 22.4 Å². The second-order valence-electron chi connectivity index (χ2n) is 6.06. The Bertz CT molecular complexity index is 753. The summed E-state index contributed by atoms with van der Waals surface area (Å²) in [5.41, 5.74) is 4.56. The molecule has 2 aromatic rings.